The van der Waals surface area contributed by atoms with E-state index in [4.69, 9.17) is 0 Å². The highest BCUT2D eigenvalue weighted by Gasteiger charge is 2.16. The second kappa shape index (κ2) is 5.25. The second-order valence-corrected chi connectivity index (χ2v) is 5.18. The van der Waals surface area contributed by atoms with E-state index in [0.717, 1.165) is 36.2 Å². The third kappa shape index (κ3) is 3.03. The number of nitrogens with zero attached hydrogens (tertiary/aromatic N) is 1. The first-order chi connectivity index (χ1) is 7.65. The van der Waals surface area contributed by atoms with Gasteiger partial charge in [-0.3, -0.25) is 4.90 Å². The van der Waals surface area contributed by atoms with E-state index in [1.54, 1.807) is 12.1 Å². The third-order valence-electron chi connectivity index (χ3n) is 2.85. The minimum atomic E-state index is -0.165. The number of piperazine rings is 1. The molecule has 1 unspecified atom stereocenters. The van der Waals surface area contributed by atoms with Crippen LogP contribution in [0.25, 0.3) is 0 Å². The molecule has 1 aliphatic heterocycles. The molecular formula is C12H16BrFN2. The zero-order chi connectivity index (χ0) is 11.5. The van der Waals surface area contributed by atoms with Crippen LogP contribution in [0.2, 0.25) is 0 Å². The lowest BCUT2D eigenvalue weighted by atomic mass is 10.1. The van der Waals surface area contributed by atoms with Crippen molar-refractivity contribution in [2.24, 2.45) is 0 Å². The largest absolute Gasteiger partial charge is 0.312 e. The Hall–Kier alpha value is -0.450. The number of hydrogen-bond acceptors (Lipinski definition) is 2. The van der Waals surface area contributed by atoms with Gasteiger partial charge in [0.2, 0.25) is 0 Å². The molecule has 0 saturated carbocycles. The lowest BCUT2D eigenvalue weighted by Gasteiger charge is -2.32. The molecule has 0 aliphatic carbocycles. The van der Waals surface area contributed by atoms with Gasteiger partial charge >= 0.3 is 0 Å². The maximum Gasteiger partial charge on any atom is 0.123 e. The Morgan fingerprint density at radius 2 is 2.38 bits per heavy atom. The molecule has 0 spiro atoms. The smallest absolute Gasteiger partial charge is 0.123 e. The van der Waals surface area contributed by atoms with Gasteiger partial charge in [0.25, 0.3) is 0 Å². The predicted molar refractivity (Wildman–Crippen MR) is 66.8 cm³/mol. The monoisotopic (exact) mass is 286 g/mol. The standard InChI is InChI=1S/C12H16BrFN2/c1-9-7-16(5-4-15-9)8-10-6-11(14)2-3-12(10)13/h2-3,6,9,15H,4-5,7-8H2,1H3. The van der Waals surface area contributed by atoms with Gasteiger partial charge in [-0.15, -0.1) is 0 Å². The van der Waals surface area contributed by atoms with Crippen LogP contribution in [0, 0.1) is 5.82 Å². The summed E-state index contributed by atoms with van der Waals surface area (Å²) in [5, 5.41) is 3.40. The van der Waals surface area contributed by atoms with Gasteiger partial charge < -0.3 is 5.32 Å². The molecule has 1 saturated heterocycles. The average molecular weight is 287 g/mol. The van der Waals surface area contributed by atoms with Crippen molar-refractivity contribution in [3.63, 3.8) is 0 Å². The van der Waals surface area contributed by atoms with Gasteiger partial charge in [-0.2, -0.15) is 0 Å². The molecule has 2 rings (SSSR count). The van der Waals surface area contributed by atoms with Gasteiger partial charge in [0.15, 0.2) is 0 Å². The zero-order valence-electron chi connectivity index (χ0n) is 9.34. The first-order valence-electron chi connectivity index (χ1n) is 5.55. The van der Waals surface area contributed by atoms with Crippen LogP contribution in [0.15, 0.2) is 22.7 Å². The van der Waals surface area contributed by atoms with Crippen molar-refractivity contribution in [2.45, 2.75) is 19.5 Å². The summed E-state index contributed by atoms with van der Waals surface area (Å²) >= 11 is 3.46. The Kier molecular flexibility index (Phi) is 3.95. The zero-order valence-corrected chi connectivity index (χ0v) is 10.9. The maximum atomic E-state index is 13.1. The molecule has 0 bridgehead atoms. The van der Waals surface area contributed by atoms with E-state index < -0.39 is 0 Å². The van der Waals surface area contributed by atoms with Gasteiger partial charge in [-0.05, 0) is 30.7 Å². The summed E-state index contributed by atoms with van der Waals surface area (Å²) in [5.41, 5.74) is 1.02. The molecule has 1 fully saturated rings. The van der Waals surface area contributed by atoms with Crippen molar-refractivity contribution < 1.29 is 4.39 Å². The molecule has 1 aromatic rings. The summed E-state index contributed by atoms with van der Waals surface area (Å²) in [4.78, 5) is 2.35. The van der Waals surface area contributed by atoms with E-state index in [9.17, 15) is 4.39 Å². The minimum absolute atomic E-state index is 0.165. The number of nitrogens with one attached hydrogen (secondary N) is 1. The lowest BCUT2D eigenvalue weighted by molar-refractivity contribution is 0.199. The van der Waals surface area contributed by atoms with Gasteiger partial charge in [0.05, 0.1) is 0 Å². The number of halogens is 2. The molecule has 88 valence electrons. The summed E-state index contributed by atoms with van der Waals surface area (Å²) in [6, 6.07) is 5.38. The second-order valence-electron chi connectivity index (χ2n) is 4.33. The Bertz CT molecular complexity index is 370. The van der Waals surface area contributed by atoms with Crippen LogP contribution < -0.4 is 5.32 Å². The van der Waals surface area contributed by atoms with Crippen LogP contribution >= 0.6 is 15.9 Å². The van der Waals surface area contributed by atoms with E-state index in [-0.39, 0.29) is 5.82 Å². The normalized spacial score (nSPS) is 22.3. The fraction of sp³-hybridized carbons (Fsp3) is 0.500. The van der Waals surface area contributed by atoms with Gasteiger partial charge in [-0.25, -0.2) is 4.39 Å². The van der Waals surface area contributed by atoms with Gasteiger partial charge in [0, 0.05) is 36.7 Å². The van der Waals surface area contributed by atoms with Crippen molar-refractivity contribution in [1.82, 2.24) is 10.2 Å². The quantitative estimate of drug-likeness (QED) is 0.898. The Morgan fingerprint density at radius 1 is 1.56 bits per heavy atom. The number of rotatable bonds is 2. The number of benzene rings is 1. The summed E-state index contributed by atoms with van der Waals surface area (Å²) < 4.78 is 14.1. The SMILES string of the molecule is CC1CN(Cc2cc(F)ccc2Br)CCN1. The van der Waals surface area contributed by atoms with Crippen LogP contribution in [0.1, 0.15) is 12.5 Å². The molecule has 1 aliphatic rings. The highest BCUT2D eigenvalue weighted by atomic mass is 79.9. The van der Waals surface area contributed by atoms with Crippen LogP contribution in [0.5, 0.6) is 0 Å². The predicted octanol–water partition coefficient (Wildman–Crippen LogP) is 2.38. The van der Waals surface area contributed by atoms with Crippen molar-refractivity contribution in [2.75, 3.05) is 19.6 Å². The highest BCUT2D eigenvalue weighted by molar-refractivity contribution is 9.10. The third-order valence-corrected chi connectivity index (χ3v) is 3.63. The maximum absolute atomic E-state index is 13.1. The topological polar surface area (TPSA) is 15.3 Å². The summed E-state index contributed by atoms with van der Waals surface area (Å²) in [6.45, 7) is 6.03. The molecule has 16 heavy (non-hydrogen) atoms. The van der Waals surface area contributed by atoms with Crippen LogP contribution in [-0.2, 0) is 6.54 Å². The fourth-order valence-corrected chi connectivity index (χ4v) is 2.43. The van der Waals surface area contributed by atoms with Crippen molar-refractivity contribution in [3.05, 3.63) is 34.1 Å². The lowest BCUT2D eigenvalue weighted by Crippen LogP contribution is -2.48. The van der Waals surface area contributed by atoms with E-state index in [2.05, 4.69) is 33.1 Å². The fourth-order valence-electron chi connectivity index (χ4n) is 2.06. The summed E-state index contributed by atoms with van der Waals surface area (Å²) in [6.07, 6.45) is 0. The minimum Gasteiger partial charge on any atom is -0.312 e. The Balaban J connectivity index is 2.05. The van der Waals surface area contributed by atoms with Gasteiger partial charge in [-0.1, -0.05) is 15.9 Å². The Morgan fingerprint density at radius 3 is 3.12 bits per heavy atom. The van der Waals surface area contributed by atoms with E-state index in [0.29, 0.717) is 6.04 Å². The molecule has 4 heteroatoms. The van der Waals surface area contributed by atoms with Crippen molar-refractivity contribution >= 4 is 15.9 Å². The molecule has 2 nitrogen and oxygen atoms in total. The molecule has 1 N–H and O–H groups in total. The Labute approximate surface area is 104 Å². The summed E-state index contributed by atoms with van der Waals surface area (Å²) in [7, 11) is 0. The van der Waals surface area contributed by atoms with Crippen LogP contribution in [0.3, 0.4) is 0 Å². The molecule has 1 aromatic carbocycles. The van der Waals surface area contributed by atoms with Crippen molar-refractivity contribution in [3.8, 4) is 0 Å². The van der Waals surface area contributed by atoms with E-state index in [1.165, 1.54) is 6.07 Å². The van der Waals surface area contributed by atoms with Crippen LogP contribution in [0.4, 0.5) is 4.39 Å². The first kappa shape index (κ1) is 12.0. The van der Waals surface area contributed by atoms with E-state index in [1.807, 2.05) is 0 Å². The first-order valence-corrected chi connectivity index (χ1v) is 6.34. The van der Waals surface area contributed by atoms with Crippen LogP contribution in [-0.4, -0.2) is 30.6 Å². The number of hydrogen-bond donors (Lipinski definition) is 1. The molecule has 0 radical (unpaired) electrons. The molecule has 1 atom stereocenters. The van der Waals surface area contributed by atoms with Crippen molar-refractivity contribution in [1.29, 1.82) is 0 Å². The highest BCUT2D eigenvalue weighted by Crippen LogP contribution is 2.20. The molecule has 0 aromatic heterocycles. The van der Waals surface area contributed by atoms with Gasteiger partial charge in [0.1, 0.15) is 5.82 Å². The summed E-state index contributed by atoms with van der Waals surface area (Å²) in [5.74, 6) is -0.165. The average Bonchev–Trinajstić information content (AvgIpc) is 2.24. The molecule has 1 heterocycles. The molecule has 0 amide bonds. The molecular weight excluding hydrogens is 271 g/mol. The van der Waals surface area contributed by atoms with E-state index >= 15 is 0 Å².